The van der Waals surface area contributed by atoms with Gasteiger partial charge in [-0.15, -0.1) is 0 Å². The first kappa shape index (κ1) is 20.9. The molecular formula is C21H31N3O3. The summed E-state index contributed by atoms with van der Waals surface area (Å²) in [5.74, 6) is -0.369. The molecule has 0 aliphatic heterocycles. The number of hydrogen-bond donors (Lipinski definition) is 3. The van der Waals surface area contributed by atoms with Crippen LogP contribution in [0.4, 0.5) is 5.69 Å². The lowest BCUT2D eigenvalue weighted by molar-refractivity contribution is -0.126. The van der Waals surface area contributed by atoms with E-state index < -0.39 is 6.04 Å². The standard InChI is InChI=1S/C21H31N3O3/c1-5-21(3,4)24-19(26)16-10-12-17(13-11-16)23-20(27)18(22-14(2)25)15-8-6-7-9-15/h10-13,15,18H,5-9H2,1-4H3,(H,22,25)(H,23,27)(H,24,26). The van der Waals surface area contributed by atoms with Crippen LogP contribution >= 0.6 is 0 Å². The van der Waals surface area contributed by atoms with Crippen molar-refractivity contribution in [1.82, 2.24) is 10.6 Å². The predicted octanol–water partition coefficient (Wildman–Crippen LogP) is 3.24. The van der Waals surface area contributed by atoms with Crippen molar-refractivity contribution in [2.75, 3.05) is 5.32 Å². The Hall–Kier alpha value is -2.37. The van der Waals surface area contributed by atoms with Crippen LogP contribution in [0, 0.1) is 5.92 Å². The first-order valence-corrected chi connectivity index (χ1v) is 9.72. The summed E-state index contributed by atoms with van der Waals surface area (Å²) in [5.41, 5.74) is 0.889. The van der Waals surface area contributed by atoms with Crippen LogP contribution < -0.4 is 16.0 Å². The summed E-state index contributed by atoms with van der Waals surface area (Å²) in [6.45, 7) is 7.41. The van der Waals surface area contributed by atoms with Gasteiger partial charge in [0.2, 0.25) is 11.8 Å². The molecule has 3 N–H and O–H groups in total. The van der Waals surface area contributed by atoms with Crippen LogP contribution in [0.3, 0.4) is 0 Å². The highest BCUT2D eigenvalue weighted by Crippen LogP contribution is 2.28. The number of benzene rings is 1. The smallest absolute Gasteiger partial charge is 0.251 e. The molecule has 1 aliphatic rings. The number of amides is 3. The van der Waals surface area contributed by atoms with Crippen molar-refractivity contribution in [3.05, 3.63) is 29.8 Å². The molecular weight excluding hydrogens is 342 g/mol. The van der Waals surface area contributed by atoms with Gasteiger partial charge in [0.25, 0.3) is 5.91 Å². The molecule has 6 heteroatoms. The Bertz CT molecular complexity index is 676. The second kappa shape index (κ2) is 9.02. The van der Waals surface area contributed by atoms with E-state index in [0.29, 0.717) is 11.3 Å². The van der Waals surface area contributed by atoms with Gasteiger partial charge >= 0.3 is 0 Å². The van der Waals surface area contributed by atoms with Crippen molar-refractivity contribution in [3.8, 4) is 0 Å². The largest absolute Gasteiger partial charge is 0.347 e. The number of anilines is 1. The second-order valence-corrected chi connectivity index (χ2v) is 7.98. The van der Waals surface area contributed by atoms with Crippen molar-refractivity contribution in [2.24, 2.45) is 5.92 Å². The molecule has 1 unspecified atom stereocenters. The Morgan fingerprint density at radius 2 is 1.70 bits per heavy atom. The van der Waals surface area contributed by atoms with Crippen molar-refractivity contribution in [1.29, 1.82) is 0 Å². The van der Waals surface area contributed by atoms with E-state index in [9.17, 15) is 14.4 Å². The molecule has 6 nitrogen and oxygen atoms in total. The highest BCUT2D eigenvalue weighted by Gasteiger charge is 2.31. The summed E-state index contributed by atoms with van der Waals surface area (Å²) in [7, 11) is 0. The van der Waals surface area contributed by atoms with Gasteiger partial charge in [0.05, 0.1) is 0 Å². The predicted molar refractivity (Wildman–Crippen MR) is 106 cm³/mol. The third-order valence-electron chi connectivity index (χ3n) is 5.26. The third-order valence-corrected chi connectivity index (χ3v) is 5.26. The van der Waals surface area contributed by atoms with Crippen molar-refractivity contribution in [2.45, 2.75) is 71.4 Å². The number of carbonyl (C=O) groups excluding carboxylic acids is 3. The number of rotatable bonds is 7. The normalized spacial score (nSPS) is 15.9. The van der Waals surface area contributed by atoms with Crippen molar-refractivity contribution >= 4 is 23.4 Å². The number of nitrogens with one attached hydrogen (secondary N) is 3. The van der Waals surface area contributed by atoms with Gasteiger partial charge in [0, 0.05) is 23.7 Å². The SMILES string of the molecule is CCC(C)(C)NC(=O)c1ccc(NC(=O)C(NC(C)=O)C2CCCC2)cc1. The van der Waals surface area contributed by atoms with Gasteiger partial charge in [-0.25, -0.2) is 0 Å². The molecule has 148 valence electrons. The van der Waals surface area contributed by atoms with Crippen LogP contribution in [0.5, 0.6) is 0 Å². The van der Waals surface area contributed by atoms with E-state index in [-0.39, 0.29) is 29.2 Å². The van der Waals surface area contributed by atoms with E-state index in [1.54, 1.807) is 24.3 Å². The Morgan fingerprint density at radius 1 is 1.11 bits per heavy atom. The van der Waals surface area contributed by atoms with Gasteiger partial charge in [0.1, 0.15) is 6.04 Å². The minimum absolute atomic E-state index is 0.137. The Morgan fingerprint density at radius 3 is 2.22 bits per heavy atom. The van der Waals surface area contributed by atoms with Crippen molar-refractivity contribution in [3.63, 3.8) is 0 Å². The van der Waals surface area contributed by atoms with E-state index in [2.05, 4.69) is 16.0 Å². The van der Waals surface area contributed by atoms with E-state index in [0.717, 1.165) is 32.1 Å². The Balaban J connectivity index is 2.02. The maximum Gasteiger partial charge on any atom is 0.251 e. The first-order valence-electron chi connectivity index (χ1n) is 9.72. The van der Waals surface area contributed by atoms with Gasteiger partial charge in [-0.05, 0) is 63.3 Å². The minimum Gasteiger partial charge on any atom is -0.347 e. The summed E-state index contributed by atoms with van der Waals surface area (Å²) < 4.78 is 0. The lowest BCUT2D eigenvalue weighted by Crippen LogP contribution is -2.47. The summed E-state index contributed by atoms with van der Waals surface area (Å²) in [5, 5.41) is 8.64. The van der Waals surface area contributed by atoms with Gasteiger partial charge in [0.15, 0.2) is 0 Å². The molecule has 1 atom stereocenters. The van der Waals surface area contributed by atoms with Crippen molar-refractivity contribution < 1.29 is 14.4 Å². The molecule has 0 radical (unpaired) electrons. The molecule has 0 bridgehead atoms. The van der Waals surface area contributed by atoms with Crippen LogP contribution in [-0.4, -0.2) is 29.3 Å². The van der Waals surface area contributed by atoms with Crippen LogP contribution in [0.25, 0.3) is 0 Å². The van der Waals surface area contributed by atoms with E-state index >= 15 is 0 Å². The summed E-state index contributed by atoms with van der Waals surface area (Å²) >= 11 is 0. The zero-order valence-corrected chi connectivity index (χ0v) is 16.7. The molecule has 1 saturated carbocycles. The van der Waals surface area contributed by atoms with Gasteiger partial charge in [-0.2, -0.15) is 0 Å². The summed E-state index contributed by atoms with van der Waals surface area (Å²) in [6.07, 6.45) is 4.91. The Kier molecular flexibility index (Phi) is 6.99. The fraction of sp³-hybridized carbons (Fsp3) is 0.571. The molecule has 0 saturated heterocycles. The molecule has 0 aromatic heterocycles. The summed E-state index contributed by atoms with van der Waals surface area (Å²) in [4.78, 5) is 36.5. The molecule has 1 fully saturated rings. The molecule has 3 amide bonds. The van der Waals surface area contributed by atoms with Crippen LogP contribution in [-0.2, 0) is 9.59 Å². The van der Waals surface area contributed by atoms with Crippen LogP contribution in [0.1, 0.15) is 70.2 Å². The lowest BCUT2D eigenvalue weighted by Gasteiger charge is -2.24. The molecule has 27 heavy (non-hydrogen) atoms. The van der Waals surface area contributed by atoms with E-state index in [4.69, 9.17) is 0 Å². The average molecular weight is 373 g/mol. The van der Waals surface area contributed by atoms with E-state index in [1.165, 1.54) is 6.92 Å². The third kappa shape index (κ3) is 6.08. The topological polar surface area (TPSA) is 87.3 Å². The fourth-order valence-electron chi connectivity index (χ4n) is 3.30. The van der Waals surface area contributed by atoms with Gasteiger partial charge in [-0.1, -0.05) is 19.8 Å². The molecule has 0 heterocycles. The van der Waals surface area contributed by atoms with Gasteiger partial charge < -0.3 is 16.0 Å². The van der Waals surface area contributed by atoms with Crippen LogP contribution in [0.15, 0.2) is 24.3 Å². The highest BCUT2D eigenvalue weighted by atomic mass is 16.2. The Labute approximate surface area is 161 Å². The zero-order valence-electron chi connectivity index (χ0n) is 16.7. The maximum atomic E-state index is 12.7. The van der Waals surface area contributed by atoms with Crippen LogP contribution in [0.2, 0.25) is 0 Å². The highest BCUT2D eigenvalue weighted by molar-refractivity contribution is 5.98. The minimum atomic E-state index is -0.515. The molecule has 0 spiro atoms. The molecule has 1 aromatic carbocycles. The maximum absolute atomic E-state index is 12.7. The zero-order chi connectivity index (χ0) is 20.0. The average Bonchev–Trinajstić information content (AvgIpc) is 3.14. The number of carbonyl (C=O) groups is 3. The number of hydrogen-bond acceptors (Lipinski definition) is 3. The second-order valence-electron chi connectivity index (χ2n) is 7.98. The lowest BCUT2D eigenvalue weighted by atomic mass is 9.97. The molecule has 1 aliphatic carbocycles. The quantitative estimate of drug-likeness (QED) is 0.686. The fourth-order valence-corrected chi connectivity index (χ4v) is 3.30. The molecule has 2 rings (SSSR count). The first-order chi connectivity index (χ1) is 12.7. The summed E-state index contributed by atoms with van der Waals surface area (Å²) in [6, 6.07) is 6.30. The van der Waals surface area contributed by atoms with Gasteiger partial charge in [-0.3, -0.25) is 14.4 Å². The molecule has 1 aromatic rings. The monoisotopic (exact) mass is 373 g/mol. The van der Waals surface area contributed by atoms with E-state index in [1.807, 2.05) is 20.8 Å².